The number of likely N-dealkylation sites (tertiary alicyclic amines) is 1. The lowest BCUT2D eigenvalue weighted by atomic mass is 9.98. The van der Waals surface area contributed by atoms with Crippen molar-refractivity contribution in [1.29, 1.82) is 0 Å². The van der Waals surface area contributed by atoms with Crippen LogP contribution in [0.1, 0.15) is 36.0 Å². The minimum Gasteiger partial charge on any atom is -0.381 e. The maximum atomic E-state index is 12.1. The van der Waals surface area contributed by atoms with Gasteiger partial charge < -0.3 is 15.5 Å². The highest BCUT2D eigenvalue weighted by Crippen LogP contribution is 2.25. The van der Waals surface area contributed by atoms with Crippen molar-refractivity contribution < 1.29 is 4.79 Å². The van der Waals surface area contributed by atoms with E-state index in [4.69, 9.17) is 11.6 Å². The number of piperidine rings is 2. The van der Waals surface area contributed by atoms with E-state index in [-0.39, 0.29) is 18.3 Å². The molecule has 0 spiro atoms. The van der Waals surface area contributed by atoms with Crippen LogP contribution in [0, 0.1) is 0 Å². The summed E-state index contributed by atoms with van der Waals surface area (Å²) in [7, 11) is 3.48. The van der Waals surface area contributed by atoms with Gasteiger partial charge in [-0.2, -0.15) is 0 Å². The zero-order valence-electron chi connectivity index (χ0n) is 15.6. The summed E-state index contributed by atoms with van der Waals surface area (Å²) >= 11 is 6.33. The van der Waals surface area contributed by atoms with Crippen LogP contribution >= 0.6 is 24.0 Å². The third kappa shape index (κ3) is 5.26. The van der Waals surface area contributed by atoms with Gasteiger partial charge in [0.2, 0.25) is 0 Å². The fourth-order valence-corrected chi connectivity index (χ4v) is 4.14. The van der Waals surface area contributed by atoms with Crippen molar-refractivity contribution in [2.45, 2.75) is 37.8 Å². The Morgan fingerprint density at radius 1 is 1.27 bits per heavy atom. The molecule has 2 aliphatic rings. The minimum atomic E-state index is -0.0636. The summed E-state index contributed by atoms with van der Waals surface area (Å²) in [5.74, 6) is -0.0636. The molecule has 5 nitrogen and oxygen atoms in total. The molecule has 2 saturated heterocycles. The lowest BCUT2D eigenvalue weighted by Crippen LogP contribution is -2.50. The van der Waals surface area contributed by atoms with Crippen molar-refractivity contribution in [2.75, 3.05) is 45.6 Å². The average molecular weight is 401 g/mol. The Morgan fingerprint density at radius 3 is 2.65 bits per heavy atom. The van der Waals surface area contributed by atoms with Gasteiger partial charge in [0, 0.05) is 38.4 Å². The number of carbonyl (C=O) groups excluding carboxylic acids is 1. The fourth-order valence-electron chi connectivity index (χ4n) is 3.88. The van der Waals surface area contributed by atoms with Gasteiger partial charge in [0.1, 0.15) is 0 Å². The molecule has 7 heteroatoms. The fraction of sp³-hybridized carbons (Fsp3) is 0.632. The second kappa shape index (κ2) is 9.79. The third-order valence-corrected chi connectivity index (χ3v) is 5.57. The van der Waals surface area contributed by atoms with Gasteiger partial charge in [-0.15, -0.1) is 12.4 Å². The van der Waals surface area contributed by atoms with Crippen LogP contribution in [-0.4, -0.2) is 68.1 Å². The van der Waals surface area contributed by atoms with Crippen LogP contribution in [0.2, 0.25) is 5.02 Å². The summed E-state index contributed by atoms with van der Waals surface area (Å²) in [6.07, 6.45) is 4.91. The molecule has 0 unspecified atom stereocenters. The summed E-state index contributed by atoms with van der Waals surface area (Å²) in [4.78, 5) is 16.3. The Morgan fingerprint density at radius 2 is 2.00 bits per heavy atom. The lowest BCUT2D eigenvalue weighted by molar-refractivity contribution is 0.0828. The van der Waals surface area contributed by atoms with Crippen molar-refractivity contribution in [3.63, 3.8) is 0 Å². The van der Waals surface area contributed by atoms with Crippen molar-refractivity contribution in [2.24, 2.45) is 0 Å². The number of rotatable bonds is 4. The maximum absolute atomic E-state index is 12.1. The van der Waals surface area contributed by atoms with Crippen molar-refractivity contribution >= 4 is 35.6 Å². The first-order valence-corrected chi connectivity index (χ1v) is 9.65. The van der Waals surface area contributed by atoms with Crippen molar-refractivity contribution in [3.8, 4) is 0 Å². The number of anilines is 1. The topological polar surface area (TPSA) is 47.6 Å². The predicted molar refractivity (Wildman–Crippen MR) is 111 cm³/mol. The second-order valence-electron chi connectivity index (χ2n) is 7.35. The Labute approximate surface area is 167 Å². The number of carbonyl (C=O) groups is 1. The highest BCUT2D eigenvalue weighted by molar-refractivity contribution is 6.34. The summed E-state index contributed by atoms with van der Waals surface area (Å²) < 4.78 is 0. The first-order chi connectivity index (χ1) is 12.0. The molecule has 2 fully saturated rings. The van der Waals surface area contributed by atoms with Gasteiger partial charge in [0.25, 0.3) is 5.91 Å². The minimum absolute atomic E-state index is 0. The number of amides is 1. The van der Waals surface area contributed by atoms with Crippen LogP contribution in [-0.2, 0) is 0 Å². The normalized spacial score (nSPS) is 21.7. The Balaban J connectivity index is 0.00000243. The van der Waals surface area contributed by atoms with E-state index in [1.807, 2.05) is 18.2 Å². The zero-order chi connectivity index (χ0) is 17.8. The molecule has 1 aromatic carbocycles. The SMILES string of the molecule is CN(C)C(=O)c1ccc(N[C@@H]2CCCN(C3CCNCC3)C2)cc1Cl.Cl. The molecule has 26 heavy (non-hydrogen) atoms. The van der Waals surface area contributed by atoms with E-state index >= 15 is 0 Å². The molecule has 0 aromatic heterocycles. The van der Waals surface area contributed by atoms with Crippen LogP contribution in [0.4, 0.5) is 5.69 Å². The number of nitrogens with zero attached hydrogens (tertiary/aromatic N) is 2. The highest BCUT2D eigenvalue weighted by Gasteiger charge is 2.27. The van der Waals surface area contributed by atoms with Gasteiger partial charge in [0.15, 0.2) is 0 Å². The molecule has 0 saturated carbocycles. The molecule has 0 aliphatic carbocycles. The summed E-state index contributed by atoms with van der Waals surface area (Å²) in [5, 5.41) is 7.57. The largest absolute Gasteiger partial charge is 0.381 e. The quantitative estimate of drug-likeness (QED) is 0.814. The smallest absolute Gasteiger partial charge is 0.254 e. The van der Waals surface area contributed by atoms with E-state index in [0.29, 0.717) is 16.6 Å². The van der Waals surface area contributed by atoms with E-state index in [1.165, 1.54) is 32.2 Å². The highest BCUT2D eigenvalue weighted by atomic mass is 35.5. The molecule has 146 valence electrons. The van der Waals surface area contributed by atoms with Gasteiger partial charge in [-0.05, 0) is 63.5 Å². The number of hydrogen-bond donors (Lipinski definition) is 2. The van der Waals surface area contributed by atoms with E-state index < -0.39 is 0 Å². The van der Waals surface area contributed by atoms with E-state index in [2.05, 4.69) is 15.5 Å². The molecule has 2 N–H and O–H groups in total. The monoisotopic (exact) mass is 400 g/mol. The molecule has 0 bridgehead atoms. The van der Waals surface area contributed by atoms with Crippen LogP contribution in [0.25, 0.3) is 0 Å². The molecule has 1 atom stereocenters. The number of halogens is 2. The van der Waals surface area contributed by atoms with Gasteiger partial charge in [-0.1, -0.05) is 11.6 Å². The van der Waals surface area contributed by atoms with E-state index in [9.17, 15) is 4.79 Å². The molecule has 3 rings (SSSR count). The average Bonchev–Trinajstić information content (AvgIpc) is 2.62. The van der Waals surface area contributed by atoms with E-state index in [0.717, 1.165) is 31.4 Å². The van der Waals surface area contributed by atoms with Gasteiger partial charge >= 0.3 is 0 Å². The molecule has 0 radical (unpaired) electrons. The first kappa shape index (κ1) is 21.3. The molecular weight excluding hydrogens is 371 g/mol. The van der Waals surface area contributed by atoms with Crippen molar-refractivity contribution in [1.82, 2.24) is 15.1 Å². The summed E-state index contributed by atoms with van der Waals surface area (Å²) in [6, 6.07) is 6.82. The summed E-state index contributed by atoms with van der Waals surface area (Å²) in [6.45, 7) is 4.56. The molecule has 2 heterocycles. The third-order valence-electron chi connectivity index (χ3n) is 5.25. The van der Waals surface area contributed by atoms with Gasteiger partial charge in [-0.3, -0.25) is 9.69 Å². The summed E-state index contributed by atoms with van der Waals surface area (Å²) in [5.41, 5.74) is 1.55. The lowest BCUT2D eigenvalue weighted by Gasteiger charge is -2.40. The van der Waals surface area contributed by atoms with Crippen LogP contribution in [0.5, 0.6) is 0 Å². The zero-order valence-corrected chi connectivity index (χ0v) is 17.2. The second-order valence-corrected chi connectivity index (χ2v) is 7.76. The van der Waals surface area contributed by atoms with E-state index in [1.54, 1.807) is 19.0 Å². The standard InChI is InChI=1S/C19H29ClN4O.ClH/c1-23(2)19(25)17-6-5-14(12-18(17)20)22-15-4-3-11-24(13-15)16-7-9-21-10-8-16;/h5-6,12,15-16,21-22H,3-4,7-11,13H2,1-2H3;1H/t15-;/m1./s1. The van der Waals surface area contributed by atoms with Gasteiger partial charge in [0.05, 0.1) is 10.6 Å². The number of benzene rings is 1. The van der Waals surface area contributed by atoms with Crippen LogP contribution in [0.3, 0.4) is 0 Å². The maximum Gasteiger partial charge on any atom is 0.254 e. The molecular formula is C19H30Cl2N4O. The Kier molecular flexibility index (Phi) is 8.02. The Hall–Kier alpha value is -1.01. The first-order valence-electron chi connectivity index (χ1n) is 9.27. The Bertz CT molecular complexity index is 605. The number of hydrogen-bond acceptors (Lipinski definition) is 4. The molecule has 1 amide bonds. The molecule has 1 aromatic rings. The van der Waals surface area contributed by atoms with Crippen molar-refractivity contribution in [3.05, 3.63) is 28.8 Å². The van der Waals surface area contributed by atoms with Gasteiger partial charge in [-0.25, -0.2) is 0 Å². The number of nitrogens with one attached hydrogen (secondary N) is 2. The predicted octanol–water partition coefficient (Wildman–Crippen LogP) is 3.09. The van der Waals surface area contributed by atoms with Crippen LogP contribution < -0.4 is 10.6 Å². The van der Waals surface area contributed by atoms with Crippen LogP contribution in [0.15, 0.2) is 18.2 Å². The molecule has 2 aliphatic heterocycles.